The molecule has 2 atom stereocenters. The van der Waals surface area contributed by atoms with Gasteiger partial charge in [0.2, 0.25) is 5.91 Å². The molecular weight excluding hydrogens is 150 g/mol. The normalized spacial score (nSPS) is 16.0. The molecule has 0 saturated carbocycles. The molecule has 0 bridgehead atoms. The number of nitrogens with one attached hydrogen (secondary N) is 1. The van der Waals surface area contributed by atoms with Crippen LogP contribution in [0.3, 0.4) is 0 Å². The van der Waals surface area contributed by atoms with E-state index in [-0.39, 0.29) is 11.9 Å². The lowest BCUT2D eigenvalue weighted by molar-refractivity contribution is -0.117. The van der Waals surface area contributed by atoms with Gasteiger partial charge in [0.25, 0.3) is 0 Å². The molecule has 0 aliphatic heterocycles. The minimum Gasteiger partial charge on any atom is -0.350 e. The van der Waals surface area contributed by atoms with Crippen LogP contribution >= 0.6 is 0 Å². The van der Waals surface area contributed by atoms with E-state index in [2.05, 4.69) is 19.2 Å². The first-order valence-electron chi connectivity index (χ1n) is 4.55. The minimum atomic E-state index is 0.00491. The van der Waals surface area contributed by atoms with Crippen molar-refractivity contribution >= 4 is 5.91 Å². The number of carbonyl (C=O) groups is 1. The SMILES string of the molecule is CC=CC(=O)NC(C)C(C)CC. The van der Waals surface area contributed by atoms with Gasteiger partial charge < -0.3 is 5.32 Å². The summed E-state index contributed by atoms with van der Waals surface area (Å²) < 4.78 is 0. The van der Waals surface area contributed by atoms with Crippen molar-refractivity contribution in [3.05, 3.63) is 12.2 Å². The second-order valence-electron chi connectivity index (χ2n) is 3.18. The van der Waals surface area contributed by atoms with E-state index in [1.165, 1.54) is 0 Å². The molecule has 1 amide bonds. The number of amides is 1. The maximum Gasteiger partial charge on any atom is 0.243 e. The number of hydrogen-bond acceptors (Lipinski definition) is 1. The van der Waals surface area contributed by atoms with E-state index in [1.807, 2.05) is 13.8 Å². The quantitative estimate of drug-likeness (QED) is 0.642. The lowest BCUT2D eigenvalue weighted by Crippen LogP contribution is -2.35. The van der Waals surface area contributed by atoms with E-state index in [0.29, 0.717) is 5.92 Å². The lowest BCUT2D eigenvalue weighted by Gasteiger charge is -2.18. The van der Waals surface area contributed by atoms with Crippen LogP contribution in [0, 0.1) is 5.92 Å². The first kappa shape index (κ1) is 11.2. The predicted octanol–water partition coefficient (Wildman–Crippen LogP) is 2.11. The largest absolute Gasteiger partial charge is 0.350 e. The zero-order valence-electron chi connectivity index (χ0n) is 8.42. The van der Waals surface area contributed by atoms with E-state index in [4.69, 9.17) is 0 Å². The summed E-state index contributed by atoms with van der Waals surface area (Å²) in [6.45, 7) is 8.15. The number of rotatable bonds is 4. The molecule has 0 aromatic heterocycles. The topological polar surface area (TPSA) is 29.1 Å². The standard InChI is InChI=1S/C10H19NO/c1-5-7-10(12)11-9(4)8(3)6-2/h5,7-9H,6H2,1-4H3,(H,11,12). The molecule has 0 rings (SSSR count). The smallest absolute Gasteiger partial charge is 0.243 e. The van der Waals surface area contributed by atoms with Crippen LogP contribution in [0.4, 0.5) is 0 Å². The van der Waals surface area contributed by atoms with Crippen molar-refractivity contribution in [1.29, 1.82) is 0 Å². The van der Waals surface area contributed by atoms with Crippen molar-refractivity contribution in [2.75, 3.05) is 0 Å². The molecule has 0 saturated heterocycles. The monoisotopic (exact) mass is 169 g/mol. The molecule has 0 aliphatic carbocycles. The van der Waals surface area contributed by atoms with Crippen LogP contribution in [-0.2, 0) is 4.79 Å². The van der Waals surface area contributed by atoms with Crippen LogP contribution in [0.25, 0.3) is 0 Å². The maximum absolute atomic E-state index is 11.1. The second-order valence-corrected chi connectivity index (χ2v) is 3.18. The first-order chi connectivity index (χ1) is 5.61. The van der Waals surface area contributed by atoms with Gasteiger partial charge in [0.15, 0.2) is 0 Å². The number of allylic oxidation sites excluding steroid dienone is 1. The molecule has 0 aliphatic rings. The van der Waals surface area contributed by atoms with E-state index < -0.39 is 0 Å². The Hall–Kier alpha value is -0.790. The second kappa shape index (κ2) is 5.81. The van der Waals surface area contributed by atoms with E-state index in [0.717, 1.165) is 6.42 Å². The average Bonchev–Trinajstić information content (AvgIpc) is 2.03. The van der Waals surface area contributed by atoms with Gasteiger partial charge >= 0.3 is 0 Å². The van der Waals surface area contributed by atoms with Gasteiger partial charge in [0.05, 0.1) is 0 Å². The summed E-state index contributed by atoms with van der Waals surface area (Å²) in [6, 6.07) is 0.263. The Morgan fingerprint density at radius 3 is 2.50 bits per heavy atom. The molecule has 12 heavy (non-hydrogen) atoms. The van der Waals surface area contributed by atoms with Gasteiger partial charge in [-0.05, 0) is 25.8 Å². The van der Waals surface area contributed by atoms with Crippen molar-refractivity contribution in [2.24, 2.45) is 5.92 Å². The fourth-order valence-corrected chi connectivity index (χ4v) is 0.920. The summed E-state index contributed by atoms with van der Waals surface area (Å²) in [4.78, 5) is 11.1. The van der Waals surface area contributed by atoms with Gasteiger partial charge in [-0.1, -0.05) is 26.3 Å². The zero-order chi connectivity index (χ0) is 9.56. The summed E-state index contributed by atoms with van der Waals surface area (Å²) in [6.07, 6.45) is 4.40. The molecule has 2 unspecified atom stereocenters. The average molecular weight is 169 g/mol. The van der Waals surface area contributed by atoms with Crippen LogP contribution in [0.1, 0.15) is 34.1 Å². The third-order valence-corrected chi connectivity index (χ3v) is 2.19. The molecule has 2 nitrogen and oxygen atoms in total. The predicted molar refractivity (Wildman–Crippen MR) is 51.9 cm³/mol. The summed E-state index contributed by atoms with van der Waals surface area (Å²) in [5.41, 5.74) is 0. The van der Waals surface area contributed by atoms with Crippen molar-refractivity contribution in [3.8, 4) is 0 Å². The van der Waals surface area contributed by atoms with Crippen molar-refractivity contribution in [3.63, 3.8) is 0 Å². The Balaban J connectivity index is 3.83. The van der Waals surface area contributed by atoms with Gasteiger partial charge in [-0.15, -0.1) is 0 Å². The molecule has 0 aromatic carbocycles. The Labute approximate surface area is 75.0 Å². The van der Waals surface area contributed by atoms with Crippen molar-refractivity contribution in [2.45, 2.75) is 40.2 Å². The Morgan fingerprint density at radius 2 is 2.08 bits per heavy atom. The highest BCUT2D eigenvalue weighted by Crippen LogP contribution is 2.06. The third-order valence-electron chi connectivity index (χ3n) is 2.19. The Kier molecular flexibility index (Phi) is 5.43. The molecule has 0 heterocycles. The first-order valence-corrected chi connectivity index (χ1v) is 4.55. The van der Waals surface area contributed by atoms with Gasteiger partial charge in [-0.2, -0.15) is 0 Å². The van der Waals surface area contributed by atoms with Crippen LogP contribution in [0.2, 0.25) is 0 Å². The van der Waals surface area contributed by atoms with E-state index in [9.17, 15) is 4.79 Å². The van der Waals surface area contributed by atoms with Gasteiger partial charge in [0.1, 0.15) is 0 Å². The maximum atomic E-state index is 11.1. The van der Waals surface area contributed by atoms with Crippen molar-refractivity contribution < 1.29 is 4.79 Å². The van der Waals surface area contributed by atoms with Crippen LogP contribution in [0.5, 0.6) is 0 Å². The molecular formula is C10H19NO. The van der Waals surface area contributed by atoms with E-state index >= 15 is 0 Å². The fourth-order valence-electron chi connectivity index (χ4n) is 0.920. The molecule has 0 aromatic rings. The zero-order valence-corrected chi connectivity index (χ0v) is 8.42. The summed E-state index contributed by atoms with van der Waals surface area (Å²) in [7, 11) is 0. The summed E-state index contributed by atoms with van der Waals surface area (Å²) >= 11 is 0. The molecule has 70 valence electrons. The van der Waals surface area contributed by atoms with Gasteiger partial charge in [0, 0.05) is 6.04 Å². The lowest BCUT2D eigenvalue weighted by atomic mass is 10.0. The fraction of sp³-hybridized carbons (Fsp3) is 0.700. The van der Waals surface area contributed by atoms with E-state index in [1.54, 1.807) is 12.2 Å². The summed E-state index contributed by atoms with van der Waals surface area (Å²) in [5, 5.41) is 2.91. The number of hydrogen-bond donors (Lipinski definition) is 1. The highest BCUT2D eigenvalue weighted by molar-refractivity contribution is 5.87. The highest BCUT2D eigenvalue weighted by Gasteiger charge is 2.10. The molecule has 1 N–H and O–H groups in total. The summed E-state index contributed by atoms with van der Waals surface area (Å²) in [5.74, 6) is 0.546. The molecule has 0 spiro atoms. The van der Waals surface area contributed by atoms with Crippen LogP contribution < -0.4 is 5.32 Å². The number of carbonyl (C=O) groups excluding carboxylic acids is 1. The van der Waals surface area contributed by atoms with Crippen LogP contribution in [0.15, 0.2) is 12.2 Å². The van der Waals surface area contributed by atoms with Crippen LogP contribution in [-0.4, -0.2) is 11.9 Å². The third kappa shape index (κ3) is 4.16. The highest BCUT2D eigenvalue weighted by atomic mass is 16.1. The molecule has 0 radical (unpaired) electrons. The Bertz CT molecular complexity index is 163. The molecule has 2 heteroatoms. The van der Waals surface area contributed by atoms with Gasteiger partial charge in [-0.3, -0.25) is 4.79 Å². The Morgan fingerprint density at radius 1 is 1.50 bits per heavy atom. The minimum absolute atomic E-state index is 0.00491. The van der Waals surface area contributed by atoms with Crippen molar-refractivity contribution in [1.82, 2.24) is 5.32 Å². The van der Waals surface area contributed by atoms with Gasteiger partial charge in [-0.25, -0.2) is 0 Å². The molecule has 0 fully saturated rings.